The minimum Gasteiger partial charge on any atom is -0.394 e. The summed E-state index contributed by atoms with van der Waals surface area (Å²) < 4.78 is 298. The zero-order chi connectivity index (χ0) is 81.3. The number of H-pyrrole nitrogens is 2. The van der Waals surface area contributed by atoms with Gasteiger partial charge in [0.2, 0.25) is 0 Å². The maximum absolute atomic E-state index is 17.6. The molecule has 0 saturated carbocycles. The van der Waals surface area contributed by atoms with Crippen LogP contribution in [-0.2, 0) is 18.9 Å². The van der Waals surface area contributed by atoms with Crippen molar-refractivity contribution in [1.29, 1.82) is 0 Å². The van der Waals surface area contributed by atoms with Crippen LogP contribution in [0.2, 0.25) is 0 Å². The van der Waals surface area contributed by atoms with E-state index in [9.17, 15) is 81.7 Å². The Balaban J connectivity index is 1.13. The zero-order valence-electron chi connectivity index (χ0n) is 55.4. The van der Waals surface area contributed by atoms with Crippen LogP contribution in [0.3, 0.4) is 0 Å². The molecule has 24 nitrogen and oxygen atoms in total. The molecule has 4 fully saturated rings. The molecule has 0 spiro atoms. The molecular weight excluding hydrogens is 1620 g/mol. The topological polar surface area (TPSA) is 418 Å². The lowest BCUT2D eigenvalue weighted by Crippen LogP contribution is -2.57. The molecular formula is C68H54F16N4O20S4. The van der Waals surface area contributed by atoms with Crippen molar-refractivity contribution in [3.8, 4) is 44.5 Å². The molecule has 9 heterocycles. The van der Waals surface area contributed by atoms with Crippen molar-refractivity contribution in [3.05, 3.63) is 140 Å². The summed E-state index contributed by atoms with van der Waals surface area (Å²) in [5, 5.41) is 166. The SMILES string of the molecule is OC[C@H]1O[C@H](Sc2c(F)c(F)c(-c3c4nc(c(-c5c(F)c(F)c(S[C@H]6O[C@H](CO)[C@@H](O)[C@H](O)[C@@H]6O)c(F)c5F)c5ccc([nH]5)c(-c5c(F)c(F)c(S[C@@H]6O[C@H](CO)[C@@H](O)[C@H](O)[C@@H]6O)c(F)c5F)c5nc(c(-c6c(F)c(F)c(S[C@H]7O[C@H](CO)[C@@H](O)[C@H](O)[C@@H]7O)c(F)c6F)c6ccc3[nH]6)C=C5)C=C4)c(F)c2F)[C@@H](O)[C@@H](O)[C@@H]1O. The minimum absolute atomic E-state index is 0.371. The quantitative estimate of drug-likeness (QED) is 0.0441. The van der Waals surface area contributed by atoms with Crippen LogP contribution in [0.4, 0.5) is 70.2 Å². The van der Waals surface area contributed by atoms with Gasteiger partial charge in [-0.05, 0) is 48.6 Å². The summed E-state index contributed by atoms with van der Waals surface area (Å²) in [5.74, 6) is -39.3. The van der Waals surface area contributed by atoms with Crippen molar-refractivity contribution in [1.82, 2.24) is 19.9 Å². The van der Waals surface area contributed by atoms with E-state index in [4.69, 9.17) is 18.9 Å². The smallest absolute Gasteiger partial charge is 0.176 e. The van der Waals surface area contributed by atoms with E-state index in [2.05, 4.69) is 19.9 Å². The Labute approximate surface area is 631 Å². The van der Waals surface area contributed by atoms with Crippen LogP contribution in [0.1, 0.15) is 22.8 Å². The number of nitrogens with zero attached hydrogens (tertiary/aromatic N) is 2. The molecule has 6 aliphatic rings. The Bertz CT molecular complexity index is 4440. The van der Waals surface area contributed by atoms with Gasteiger partial charge in [-0.25, -0.2) is 80.2 Å². The molecule has 0 radical (unpaired) electrons. The largest absolute Gasteiger partial charge is 0.394 e. The van der Waals surface area contributed by atoms with Crippen LogP contribution in [0.15, 0.2) is 43.8 Å². The predicted molar refractivity (Wildman–Crippen MR) is 358 cm³/mol. The summed E-state index contributed by atoms with van der Waals surface area (Å²) in [7, 11) is 0. The van der Waals surface area contributed by atoms with Gasteiger partial charge in [0.1, 0.15) is 119 Å². The first kappa shape index (κ1) is 82.9. The molecule has 13 rings (SSSR count). The Morgan fingerprint density at radius 1 is 0.250 bits per heavy atom. The normalized spacial score (nSPS) is 28.8. The highest BCUT2D eigenvalue weighted by atomic mass is 32.2. The maximum atomic E-state index is 17.6. The summed E-state index contributed by atoms with van der Waals surface area (Å²) in [5.41, 5.74) is -30.4. The predicted octanol–water partition coefficient (Wildman–Crippen LogP) is 5.12. The van der Waals surface area contributed by atoms with E-state index >= 15 is 70.2 Å². The maximum Gasteiger partial charge on any atom is 0.176 e. The molecule has 44 heteroatoms. The molecule has 4 aromatic carbocycles. The number of aliphatic hydroxyl groups excluding tert-OH is 16. The van der Waals surface area contributed by atoms with Gasteiger partial charge < -0.3 is 111 Å². The van der Waals surface area contributed by atoms with Gasteiger partial charge in [0.15, 0.2) is 93.1 Å². The van der Waals surface area contributed by atoms with E-state index in [-0.39, 0.29) is 47.0 Å². The zero-order valence-corrected chi connectivity index (χ0v) is 58.6. The van der Waals surface area contributed by atoms with Crippen molar-refractivity contribution >= 4 is 93.4 Å². The first-order chi connectivity index (χ1) is 53.0. The number of thioether (sulfide) groups is 4. The molecule has 0 unspecified atom stereocenters. The molecule has 6 aliphatic heterocycles. The highest BCUT2D eigenvalue weighted by molar-refractivity contribution is 8.00. The third-order valence-corrected chi connectivity index (χ3v) is 23.8. The molecule has 0 amide bonds. The molecule has 18 N–H and O–H groups in total. The highest BCUT2D eigenvalue weighted by Crippen LogP contribution is 2.51. The molecule has 112 heavy (non-hydrogen) atoms. The third kappa shape index (κ3) is 14.0. The lowest BCUT2D eigenvalue weighted by Gasteiger charge is -2.39. The standard InChI is InChI=1S/C68H54F16N4O20S4/c69-33-29(34(70)42(78)61(41(33)77)109-65-57(101)53(97)49(93)21(9-89)105-65)25-13-1-2-14(85-13)26(30-35(71)43(79)62(44(80)36(30)72)110-66-58(102)54(98)50(94)22(10-90)106-66)16-5-6-18(87-16)28(32-39(75)47(83)64(48(84)40(32)76)112-68-60(104)56(100)52(96)24(12-92)108-68)20-8-7-19(88-20)27(17-4-3-15(25)86-17)31-37(73)45(81)63(46(82)38(31)74)111-67-59(103)55(99)51(95)23(11-91)107-67/h1-8,21-24,49-60,65-68,85,88-104H,9-12H2/t21-,22-,23-,24-,49-,50-,51-,52-,53+,54+,55+,56+,57+,58+,59+,60+,65-,66-,67-,68+/m1/s1. The van der Waals surface area contributed by atoms with Gasteiger partial charge in [-0.3, -0.25) is 0 Å². The van der Waals surface area contributed by atoms with Crippen molar-refractivity contribution in [3.63, 3.8) is 0 Å². The first-order valence-corrected chi connectivity index (χ1v) is 36.1. The summed E-state index contributed by atoms with van der Waals surface area (Å²) in [6, 6.07) is 2.47. The second-order valence-corrected chi connectivity index (χ2v) is 30.0. The number of aromatic amines is 2. The van der Waals surface area contributed by atoms with Gasteiger partial charge in [-0.1, -0.05) is 47.0 Å². The van der Waals surface area contributed by atoms with E-state index in [1.54, 1.807) is 0 Å². The minimum atomic E-state index is -2.49. The fraction of sp³-hybridized carbons (Fsp3) is 0.353. The van der Waals surface area contributed by atoms with Crippen LogP contribution in [0.5, 0.6) is 0 Å². The number of fused-ring (bicyclic) bond motifs is 8. The number of aromatic nitrogens is 4. The molecule has 0 aliphatic carbocycles. The average Bonchev–Trinajstić information content (AvgIpc) is 1.48. The Hall–Kier alpha value is -7.04. The molecule has 4 saturated heterocycles. The monoisotopic (exact) mass is 1680 g/mol. The van der Waals surface area contributed by atoms with Crippen molar-refractivity contribution in [2.75, 3.05) is 26.4 Å². The first-order valence-electron chi connectivity index (χ1n) is 32.5. The number of benzene rings is 4. The molecule has 8 bridgehead atoms. The van der Waals surface area contributed by atoms with Crippen molar-refractivity contribution in [2.45, 2.75) is 139 Å². The molecule has 20 atom stereocenters. The summed E-state index contributed by atoms with van der Waals surface area (Å²) in [6.07, 6.45) is -31.7. The van der Waals surface area contributed by atoms with Gasteiger partial charge in [0.25, 0.3) is 0 Å². The van der Waals surface area contributed by atoms with Crippen LogP contribution in [-0.4, -0.2) is 247 Å². The lowest BCUT2D eigenvalue weighted by atomic mass is 10.0. The highest BCUT2D eigenvalue weighted by Gasteiger charge is 2.50. The number of aliphatic hydroxyl groups is 16. The van der Waals surface area contributed by atoms with E-state index in [0.717, 1.165) is 0 Å². The van der Waals surface area contributed by atoms with Gasteiger partial charge in [0.05, 0.1) is 91.0 Å². The third-order valence-electron chi connectivity index (χ3n) is 19.0. The van der Waals surface area contributed by atoms with Crippen molar-refractivity contribution in [2.24, 2.45) is 0 Å². The van der Waals surface area contributed by atoms with Gasteiger partial charge >= 0.3 is 0 Å². The number of rotatable bonds is 16. The molecule has 602 valence electrons. The number of nitrogens with one attached hydrogen (secondary N) is 2. The number of halogens is 16. The van der Waals surface area contributed by atoms with Crippen LogP contribution in [0, 0.1) is 93.1 Å². The summed E-state index contributed by atoms with van der Waals surface area (Å²) in [4.78, 5) is 6.27. The Kier molecular flexibility index (Phi) is 23.9. The van der Waals surface area contributed by atoms with E-state index in [1.165, 1.54) is 0 Å². The fourth-order valence-electron chi connectivity index (χ4n) is 13.1. The second-order valence-electron chi connectivity index (χ2n) is 25.6. The van der Waals surface area contributed by atoms with Crippen molar-refractivity contribution < 1.29 is 171 Å². The van der Waals surface area contributed by atoms with Gasteiger partial charge in [0, 0.05) is 44.3 Å². The number of hydrogen-bond acceptors (Lipinski definition) is 26. The van der Waals surface area contributed by atoms with Crippen LogP contribution >= 0.6 is 47.0 Å². The van der Waals surface area contributed by atoms with E-state index < -0.39 is 348 Å². The Morgan fingerprint density at radius 2 is 0.420 bits per heavy atom. The fourth-order valence-corrected chi connectivity index (χ4v) is 17.6. The van der Waals surface area contributed by atoms with Gasteiger partial charge in [-0.2, -0.15) is 0 Å². The van der Waals surface area contributed by atoms with Gasteiger partial charge in [-0.15, -0.1) is 0 Å². The van der Waals surface area contributed by atoms with Crippen LogP contribution in [0.25, 0.3) is 90.9 Å². The summed E-state index contributed by atoms with van der Waals surface area (Å²) in [6.45, 7) is -4.55. The van der Waals surface area contributed by atoms with E-state index in [1.807, 2.05) is 0 Å². The van der Waals surface area contributed by atoms with E-state index in [0.29, 0.717) is 48.6 Å². The lowest BCUT2D eigenvalue weighted by molar-refractivity contribution is -0.205. The average molecular weight is 1680 g/mol. The van der Waals surface area contributed by atoms with Crippen LogP contribution < -0.4 is 0 Å². The second kappa shape index (κ2) is 32.2. The number of hydrogen-bond donors (Lipinski definition) is 18. The molecule has 7 aromatic rings. The Morgan fingerprint density at radius 3 is 0.580 bits per heavy atom. The number of ether oxygens (including phenoxy) is 4. The molecule has 3 aromatic heterocycles. The summed E-state index contributed by atoms with van der Waals surface area (Å²) >= 11 is -1.48.